The molecule has 0 aromatic heterocycles. The van der Waals surface area contributed by atoms with Crippen molar-refractivity contribution in [1.82, 2.24) is 0 Å². The Balaban J connectivity index is 2.40. The monoisotopic (exact) mass is 220 g/mol. The van der Waals surface area contributed by atoms with Crippen molar-refractivity contribution in [2.24, 2.45) is 5.92 Å². The van der Waals surface area contributed by atoms with Gasteiger partial charge in [0, 0.05) is 0 Å². The lowest BCUT2D eigenvalue weighted by Crippen LogP contribution is -1.96. The van der Waals surface area contributed by atoms with E-state index in [1.165, 1.54) is 24.8 Å². The Kier molecular flexibility index (Phi) is 5.99. The van der Waals surface area contributed by atoms with Crippen molar-refractivity contribution in [3.8, 4) is 5.75 Å². The van der Waals surface area contributed by atoms with E-state index in [-0.39, 0.29) is 0 Å². The third-order valence-corrected chi connectivity index (χ3v) is 2.62. The first-order chi connectivity index (χ1) is 7.72. The van der Waals surface area contributed by atoms with Gasteiger partial charge in [-0.1, -0.05) is 39.3 Å². The summed E-state index contributed by atoms with van der Waals surface area (Å²) in [5.74, 6) is 1.82. The highest BCUT2D eigenvalue weighted by molar-refractivity contribution is 5.28. The summed E-state index contributed by atoms with van der Waals surface area (Å²) < 4.78 is 5.62. The fourth-order valence-electron chi connectivity index (χ4n) is 1.73. The molecule has 0 N–H and O–H groups in total. The highest BCUT2D eigenvalue weighted by atomic mass is 16.5. The number of benzene rings is 1. The molecule has 0 fully saturated rings. The van der Waals surface area contributed by atoms with E-state index in [1.807, 2.05) is 6.07 Å². The molecule has 1 heteroatoms. The van der Waals surface area contributed by atoms with E-state index in [2.05, 4.69) is 39.0 Å². The minimum absolute atomic E-state index is 0.805. The van der Waals surface area contributed by atoms with Crippen LogP contribution < -0.4 is 4.74 Å². The average Bonchev–Trinajstić information content (AvgIpc) is 2.26. The van der Waals surface area contributed by atoms with Gasteiger partial charge in [0.05, 0.1) is 6.61 Å². The van der Waals surface area contributed by atoms with E-state index in [9.17, 15) is 0 Å². The summed E-state index contributed by atoms with van der Waals surface area (Å²) in [6.45, 7) is 7.50. The number of hydrogen-bond donors (Lipinski definition) is 0. The number of ether oxygens (including phenoxy) is 1. The maximum atomic E-state index is 5.62. The third kappa shape index (κ3) is 5.20. The van der Waals surface area contributed by atoms with Crippen LogP contribution in [0.4, 0.5) is 0 Å². The van der Waals surface area contributed by atoms with Gasteiger partial charge in [0.2, 0.25) is 0 Å². The van der Waals surface area contributed by atoms with Crippen LogP contribution >= 0.6 is 0 Å². The number of aryl methyl sites for hydroxylation is 1. The van der Waals surface area contributed by atoms with Gasteiger partial charge in [0.25, 0.3) is 0 Å². The second-order valence-electron chi connectivity index (χ2n) is 4.78. The SMILES string of the molecule is CCCOc1cccc(CCCC(C)C)c1. The second kappa shape index (κ2) is 7.32. The first-order valence-corrected chi connectivity index (χ1v) is 6.44. The van der Waals surface area contributed by atoms with Crippen LogP contribution in [0.2, 0.25) is 0 Å². The van der Waals surface area contributed by atoms with E-state index in [0.717, 1.165) is 24.7 Å². The Morgan fingerprint density at radius 3 is 2.75 bits per heavy atom. The van der Waals surface area contributed by atoms with Gasteiger partial charge in [-0.3, -0.25) is 0 Å². The average molecular weight is 220 g/mol. The van der Waals surface area contributed by atoms with Crippen LogP contribution in [0.15, 0.2) is 24.3 Å². The van der Waals surface area contributed by atoms with E-state index in [4.69, 9.17) is 4.74 Å². The maximum Gasteiger partial charge on any atom is 0.119 e. The largest absolute Gasteiger partial charge is 0.494 e. The number of hydrogen-bond acceptors (Lipinski definition) is 1. The molecule has 0 spiro atoms. The molecule has 0 radical (unpaired) electrons. The van der Waals surface area contributed by atoms with Gasteiger partial charge in [-0.05, 0) is 42.9 Å². The van der Waals surface area contributed by atoms with E-state index >= 15 is 0 Å². The molecule has 0 heterocycles. The summed E-state index contributed by atoms with van der Waals surface area (Å²) >= 11 is 0. The summed E-state index contributed by atoms with van der Waals surface area (Å²) in [7, 11) is 0. The minimum Gasteiger partial charge on any atom is -0.494 e. The second-order valence-corrected chi connectivity index (χ2v) is 4.78. The Bertz CT molecular complexity index is 291. The van der Waals surface area contributed by atoms with E-state index in [0.29, 0.717) is 0 Å². The van der Waals surface area contributed by atoms with Gasteiger partial charge in [-0.2, -0.15) is 0 Å². The van der Waals surface area contributed by atoms with Gasteiger partial charge in [0.15, 0.2) is 0 Å². The molecule has 0 aliphatic heterocycles. The van der Waals surface area contributed by atoms with Gasteiger partial charge in [0.1, 0.15) is 5.75 Å². The van der Waals surface area contributed by atoms with Crippen LogP contribution in [-0.4, -0.2) is 6.61 Å². The van der Waals surface area contributed by atoms with Gasteiger partial charge in [-0.15, -0.1) is 0 Å². The molecule has 0 bridgehead atoms. The molecule has 0 saturated heterocycles. The van der Waals surface area contributed by atoms with Crippen LogP contribution in [0, 0.1) is 5.92 Å². The number of rotatable bonds is 7. The van der Waals surface area contributed by atoms with Crippen molar-refractivity contribution >= 4 is 0 Å². The zero-order chi connectivity index (χ0) is 11.8. The van der Waals surface area contributed by atoms with Crippen LogP contribution in [-0.2, 0) is 6.42 Å². The lowest BCUT2D eigenvalue weighted by atomic mass is 10.0. The van der Waals surface area contributed by atoms with Crippen LogP contribution in [0.1, 0.15) is 45.6 Å². The van der Waals surface area contributed by atoms with Gasteiger partial charge in [-0.25, -0.2) is 0 Å². The quantitative estimate of drug-likeness (QED) is 0.659. The van der Waals surface area contributed by atoms with Crippen LogP contribution in [0.3, 0.4) is 0 Å². The fraction of sp³-hybridized carbons (Fsp3) is 0.600. The summed E-state index contributed by atoms with van der Waals surface area (Å²) in [6.07, 6.45) is 4.81. The topological polar surface area (TPSA) is 9.23 Å². The first-order valence-electron chi connectivity index (χ1n) is 6.44. The van der Waals surface area contributed by atoms with E-state index in [1.54, 1.807) is 0 Å². The fourth-order valence-corrected chi connectivity index (χ4v) is 1.73. The normalized spacial score (nSPS) is 10.8. The zero-order valence-electron chi connectivity index (χ0n) is 10.8. The lowest BCUT2D eigenvalue weighted by molar-refractivity contribution is 0.317. The van der Waals surface area contributed by atoms with Gasteiger partial charge < -0.3 is 4.74 Å². The van der Waals surface area contributed by atoms with Crippen molar-refractivity contribution in [2.45, 2.75) is 46.5 Å². The molecule has 1 aromatic carbocycles. The molecule has 0 aliphatic carbocycles. The summed E-state index contributed by atoms with van der Waals surface area (Å²) in [5, 5.41) is 0. The third-order valence-electron chi connectivity index (χ3n) is 2.62. The van der Waals surface area contributed by atoms with Crippen molar-refractivity contribution in [3.05, 3.63) is 29.8 Å². The predicted molar refractivity (Wildman–Crippen MR) is 70.0 cm³/mol. The Morgan fingerprint density at radius 1 is 1.25 bits per heavy atom. The van der Waals surface area contributed by atoms with Crippen molar-refractivity contribution in [3.63, 3.8) is 0 Å². The van der Waals surface area contributed by atoms with Crippen molar-refractivity contribution in [2.75, 3.05) is 6.61 Å². The molecule has 1 aromatic rings. The molecule has 90 valence electrons. The molecule has 0 atom stereocenters. The zero-order valence-corrected chi connectivity index (χ0v) is 10.8. The molecular formula is C15H24O. The van der Waals surface area contributed by atoms with E-state index < -0.39 is 0 Å². The molecule has 0 unspecified atom stereocenters. The van der Waals surface area contributed by atoms with Crippen LogP contribution in [0.25, 0.3) is 0 Å². The van der Waals surface area contributed by atoms with Crippen LogP contribution in [0.5, 0.6) is 5.75 Å². The molecular weight excluding hydrogens is 196 g/mol. The van der Waals surface area contributed by atoms with Gasteiger partial charge >= 0.3 is 0 Å². The standard InChI is InChI=1S/C15H24O/c1-4-11-16-15-10-6-9-14(12-15)8-5-7-13(2)3/h6,9-10,12-13H,4-5,7-8,11H2,1-3H3. The molecule has 0 amide bonds. The summed E-state index contributed by atoms with van der Waals surface area (Å²) in [6, 6.07) is 8.51. The first kappa shape index (κ1) is 13.1. The Labute approximate surface area is 99.8 Å². The predicted octanol–water partition coefficient (Wildman–Crippen LogP) is 4.45. The smallest absolute Gasteiger partial charge is 0.119 e. The molecule has 0 aliphatic rings. The highest BCUT2D eigenvalue weighted by Crippen LogP contribution is 2.16. The Hall–Kier alpha value is -0.980. The maximum absolute atomic E-state index is 5.62. The minimum atomic E-state index is 0.805. The summed E-state index contributed by atoms with van der Waals surface area (Å²) in [5.41, 5.74) is 1.40. The van der Waals surface area contributed by atoms with Crippen molar-refractivity contribution < 1.29 is 4.74 Å². The summed E-state index contributed by atoms with van der Waals surface area (Å²) in [4.78, 5) is 0. The molecule has 0 saturated carbocycles. The molecule has 16 heavy (non-hydrogen) atoms. The van der Waals surface area contributed by atoms with Crippen molar-refractivity contribution in [1.29, 1.82) is 0 Å². The lowest BCUT2D eigenvalue weighted by Gasteiger charge is -2.08. The molecule has 1 rings (SSSR count). The Morgan fingerprint density at radius 2 is 2.06 bits per heavy atom. The molecule has 1 nitrogen and oxygen atoms in total. The highest BCUT2D eigenvalue weighted by Gasteiger charge is 1.98.